The molecule has 2 aromatic rings. The van der Waals surface area contributed by atoms with Crippen molar-refractivity contribution >= 4 is 19.1 Å². The molecule has 0 aromatic heterocycles. The minimum Gasteiger partial charge on any atom is -0.488 e. The van der Waals surface area contributed by atoms with Gasteiger partial charge in [-0.3, -0.25) is 4.79 Å². The van der Waals surface area contributed by atoms with E-state index in [0.717, 1.165) is 10.8 Å². The standard InChI is InChI=1S/C19H19FO2Si/c1-23(2,3)19(13-7-5-4-6-8-13)16-12-22-17-10-9-14(20)11-15(17)18(16)21/h4-11H,12H2,1-3H3/b19-16-. The fourth-order valence-electron chi connectivity index (χ4n) is 3.03. The molecule has 118 valence electrons. The van der Waals surface area contributed by atoms with Gasteiger partial charge in [0.2, 0.25) is 0 Å². The van der Waals surface area contributed by atoms with Crippen molar-refractivity contribution in [2.75, 3.05) is 6.61 Å². The number of halogens is 1. The summed E-state index contributed by atoms with van der Waals surface area (Å²) in [7, 11) is -1.81. The Morgan fingerprint density at radius 2 is 1.78 bits per heavy atom. The van der Waals surface area contributed by atoms with Crippen molar-refractivity contribution in [2.24, 2.45) is 0 Å². The van der Waals surface area contributed by atoms with Crippen LogP contribution in [0.5, 0.6) is 5.75 Å². The summed E-state index contributed by atoms with van der Waals surface area (Å²) in [5.74, 6) is -0.0774. The molecule has 0 bridgehead atoms. The second-order valence-electron chi connectivity index (χ2n) is 6.73. The molecule has 2 aromatic carbocycles. The molecule has 1 aliphatic rings. The third kappa shape index (κ3) is 2.99. The van der Waals surface area contributed by atoms with Gasteiger partial charge in [0.25, 0.3) is 0 Å². The third-order valence-electron chi connectivity index (χ3n) is 3.95. The lowest BCUT2D eigenvalue weighted by Gasteiger charge is -2.28. The number of Topliss-reactive ketones (excluding diaryl/α,β-unsaturated/α-hetero) is 1. The smallest absolute Gasteiger partial charge is 0.196 e. The highest BCUT2D eigenvalue weighted by Gasteiger charge is 2.32. The van der Waals surface area contributed by atoms with Gasteiger partial charge in [0.05, 0.1) is 13.6 Å². The van der Waals surface area contributed by atoms with Crippen LogP contribution in [0.15, 0.2) is 54.1 Å². The lowest BCUT2D eigenvalue weighted by atomic mass is 9.98. The van der Waals surface area contributed by atoms with Crippen LogP contribution < -0.4 is 4.74 Å². The molecule has 0 aliphatic carbocycles. The van der Waals surface area contributed by atoms with Crippen LogP contribution in [-0.4, -0.2) is 20.5 Å². The van der Waals surface area contributed by atoms with E-state index in [1.807, 2.05) is 30.3 Å². The van der Waals surface area contributed by atoms with E-state index in [-0.39, 0.29) is 12.4 Å². The Bertz CT molecular complexity index is 789. The SMILES string of the molecule is C[Si](C)(C)/C(=C1/COc2ccc(F)cc2C1=O)c1ccccc1. The third-order valence-corrected chi connectivity index (χ3v) is 6.04. The monoisotopic (exact) mass is 326 g/mol. The fraction of sp³-hybridized carbons (Fsp3) is 0.211. The Balaban J connectivity index is 2.20. The molecule has 1 heterocycles. The zero-order valence-electron chi connectivity index (χ0n) is 13.5. The van der Waals surface area contributed by atoms with Gasteiger partial charge in [-0.05, 0) is 29.0 Å². The molecule has 0 spiro atoms. The van der Waals surface area contributed by atoms with E-state index in [1.165, 1.54) is 18.2 Å². The highest BCUT2D eigenvalue weighted by atomic mass is 28.3. The highest BCUT2D eigenvalue weighted by Crippen LogP contribution is 2.35. The molecule has 0 N–H and O–H groups in total. The van der Waals surface area contributed by atoms with Gasteiger partial charge in [0.15, 0.2) is 5.78 Å². The van der Waals surface area contributed by atoms with Crippen LogP contribution in [-0.2, 0) is 0 Å². The molecule has 23 heavy (non-hydrogen) atoms. The van der Waals surface area contributed by atoms with E-state index in [1.54, 1.807) is 0 Å². The summed E-state index contributed by atoms with van der Waals surface area (Å²) >= 11 is 0. The number of carbonyl (C=O) groups excluding carboxylic acids is 1. The fourth-order valence-corrected chi connectivity index (χ4v) is 5.16. The first-order valence-corrected chi connectivity index (χ1v) is 11.1. The minimum atomic E-state index is -1.81. The second kappa shape index (κ2) is 5.78. The molecule has 2 nitrogen and oxygen atoms in total. The number of hydrogen-bond acceptors (Lipinski definition) is 2. The van der Waals surface area contributed by atoms with Crippen molar-refractivity contribution in [3.05, 3.63) is 71.0 Å². The number of carbonyl (C=O) groups is 1. The predicted molar refractivity (Wildman–Crippen MR) is 92.9 cm³/mol. The van der Waals surface area contributed by atoms with E-state index < -0.39 is 13.9 Å². The summed E-state index contributed by atoms with van der Waals surface area (Å²) in [5, 5.41) is 1.08. The first-order valence-electron chi connectivity index (χ1n) is 7.64. The van der Waals surface area contributed by atoms with Crippen LogP contribution in [0, 0.1) is 5.82 Å². The van der Waals surface area contributed by atoms with Crippen LogP contribution >= 0.6 is 0 Å². The zero-order valence-corrected chi connectivity index (χ0v) is 14.5. The lowest BCUT2D eigenvalue weighted by molar-refractivity contribution is 0.1000. The highest BCUT2D eigenvalue weighted by molar-refractivity contribution is 6.94. The lowest BCUT2D eigenvalue weighted by Crippen LogP contribution is -2.30. The molecular weight excluding hydrogens is 307 g/mol. The number of benzene rings is 2. The van der Waals surface area contributed by atoms with Crippen molar-refractivity contribution in [3.8, 4) is 5.75 Å². The van der Waals surface area contributed by atoms with E-state index in [0.29, 0.717) is 16.9 Å². The molecule has 0 unspecified atom stereocenters. The van der Waals surface area contributed by atoms with Crippen molar-refractivity contribution in [3.63, 3.8) is 0 Å². The van der Waals surface area contributed by atoms with E-state index in [2.05, 4.69) is 19.6 Å². The first-order chi connectivity index (χ1) is 10.9. The normalized spacial score (nSPS) is 16.6. The van der Waals surface area contributed by atoms with E-state index >= 15 is 0 Å². The molecule has 0 fully saturated rings. The first kappa shape index (κ1) is 15.7. The maximum atomic E-state index is 13.5. The van der Waals surface area contributed by atoms with Crippen molar-refractivity contribution < 1.29 is 13.9 Å². The maximum absolute atomic E-state index is 13.5. The second-order valence-corrected chi connectivity index (χ2v) is 11.7. The molecule has 4 heteroatoms. The molecular formula is C19H19FO2Si. The number of hydrogen-bond donors (Lipinski definition) is 0. The van der Waals surface area contributed by atoms with Crippen LogP contribution in [0.4, 0.5) is 4.39 Å². The van der Waals surface area contributed by atoms with Crippen molar-refractivity contribution in [1.29, 1.82) is 0 Å². The van der Waals surface area contributed by atoms with Gasteiger partial charge in [-0.2, -0.15) is 0 Å². The molecule has 0 radical (unpaired) electrons. The average molecular weight is 326 g/mol. The van der Waals surface area contributed by atoms with Gasteiger partial charge in [-0.1, -0.05) is 50.0 Å². The van der Waals surface area contributed by atoms with Crippen molar-refractivity contribution in [1.82, 2.24) is 0 Å². The molecule has 3 rings (SSSR count). The Kier molecular flexibility index (Phi) is 3.94. The van der Waals surface area contributed by atoms with Gasteiger partial charge in [0, 0.05) is 5.57 Å². The summed E-state index contributed by atoms with van der Waals surface area (Å²) < 4.78 is 19.3. The molecule has 1 aliphatic heterocycles. The van der Waals surface area contributed by atoms with Crippen LogP contribution in [0.1, 0.15) is 15.9 Å². The summed E-state index contributed by atoms with van der Waals surface area (Å²) in [4.78, 5) is 12.9. The number of ether oxygens (including phenoxy) is 1. The Morgan fingerprint density at radius 1 is 1.09 bits per heavy atom. The predicted octanol–water partition coefficient (Wildman–Crippen LogP) is 4.73. The molecule has 0 amide bonds. The summed E-state index contributed by atoms with van der Waals surface area (Å²) in [5.41, 5.74) is 2.03. The summed E-state index contributed by atoms with van der Waals surface area (Å²) in [6.07, 6.45) is 0. The average Bonchev–Trinajstić information content (AvgIpc) is 2.50. The topological polar surface area (TPSA) is 26.3 Å². The Labute approximate surface area is 136 Å². The molecule has 0 saturated carbocycles. The van der Waals surface area contributed by atoms with Crippen LogP contribution in [0.25, 0.3) is 5.20 Å². The maximum Gasteiger partial charge on any atom is 0.196 e. The van der Waals surface area contributed by atoms with E-state index in [4.69, 9.17) is 4.74 Å². The van der Waals surface area contributed by atoms with Gasteiger partial charge in [0.1, 0.15) is 18.2 Å². The summed E-state index contributed by atoms with van der Waals surface area (Å²) in [6.45, 7) is 6.86. The van der Waals surface area contributed by atoms with Crippen LogP contribution in [0.2, 0.25) is 19.6 Å². The van der Waals surface area contributed by atoms with E-state index in [9.17, 15) is 9.18 Å². The van der Waals surface area contributed by atoms with Crippen molar-refractivity contribution in [2.45, 2.75) is 19.6 Å². The van der Waals surface area contributed by atoms with Gasteiger partial charge >= 0.3 is 0 Å². The Morgan fingerprint density at radius 3 is 2.43 bits per heavy atom. The number of rotatable bonds is 2. The van der Waals surface area contributed by atoms with Gasteiger partial charge < -0.3 is 4.74 Å². The quantitative estimate of drug-likeness (QED) is 0.589. The van der Waals surface area contributed by atoms with Gasteiger partial charge in [-0.15, -0.1) is 0 Å². The number of ketones is 1. The largest absolute Gasteiger partial charge is 0.488 e. The molecule has 0 atom stereocenters. The van der Waals surface area contributed by atoms with Gasteiger partial charge in [-0.25, -0.2) is 4.39 Å². The molecule has 0 saturated heterocycles. The Hall–Kier alpha value is -2.20. The minimum absolute atomic E-state index is 0.118. The van der Waals surface area contributed by atoms with Crippen LogP contribution in [0.3, 0.4) is 0 Å². The number of fused-ring (bicyclic) bond motifs is 1. The zero-order chi connectivity index (χ0) is 16.6. The summed E-state index contributed by atoms with van der Waals surface area (Å²) in [6, 6.07) is 14.1.